The van der Waals surface area contributed by atoms with E-state index in [9.17, 15) is 23.1 Å². The fourth-order valence-electron chi connectivity index (χ4n) is 2.96. The molecule has 1 amide bonds. The summed E-state index contributed by atoms with van der Waals surface area (Å²) in [5.74, 6) is -2.51. The zero-order valence-electron chi connectivity index (χ0n) is 15.4. The number of aliphatic carboxylic acids is 1. The molecule has 0 spiro atoms. The number of sulfonamides is 1. The van der Waals surface area contributed by atoms with Gasteiger partial charge in [0.15, 0.2) is 0 Å². The van der Waals surface area contributed by atoms with E-state index < -0.39 is 33.7 Å². The van der Waals surface area contributed by atoms with Gasteiger partial charge in [-0.15, -0.1) is 0 Å². The highest BCUT2D eigenvalue weighted by molar-refractivity contribution is 7.89. The molecule has 8 heteroatoms. The number of nitrogens with one attached hydrogen (secondary N) is 1. The Balaban J connectivity index is 2.23. The molecule has 1 atom stereocenters. The van der Waals surface area contributed by atoms with Crippen molar-refractivity contribution in [2.45, 2.75) is 26.3 Å². The summed E-state index contributed by atoms with van der Waals surface area (Å²) < 4.78 is 25.7. The monoisotopic (exact) mass is 392 g/mol. The van der Waals surface area contributed by atoms with Gasteiger partial charge in [0.2, 0.25) is 15.9 Å². The zero-order valence-corrected chi connectivity index (χ0v) is 16.2. The minimum Gasteiger partial charge on any atom is -0.481 e. The maximum Gasteiger partial charge on any atom is 0.305 e. The van der Waals surface area contributed by atoms with Crippen molar-refractivity contribution in [1.29, 1.82) is 0 Å². The molecule has 27 heavy (non-hydrogen) atoms. The molecule has 0 saturated heterocycles. The molecule has 0 heterocycles. The number of hydrogen-bond acceptors (Lipinski definition) is 4. The second-order valence-corrected chi connectivity index (χ2v) is 8.13. The number of nitrogens with zero attached hydrogens (tertiary/aromatic N) is 1. The van der Waals surface area contributed by atoms with Crippen molar-refractivity contribution in [3.8, 4) is 0 Å². The van der Waals surface area contributed by atoms with E-state index in [0.29, 0.717) is 5.56 Å². The quantitative estimate of drug-likeness (QED) is 0.680. The average Bonchev–Trinajstić information content (AvgIpc) is 2.60. The lowest BCUT2D eigenvalue weighted by Crippen LogP contribution is -2.40. The van der Waals surface area contributed by atoms with Crippen molar-refractivity contribution in [3.63, 3.8) is 0 Å². The highest BCUT2D eigenvalue weighted by atomic mass is 32.2. The van der Waals surface area contributed by atoms with Gasteiger partial charge in [-0.3, -0.25) is 9.59 Å². The van der Waals surface area contributed by atoms with Gasteiger partial charge in [-0.05, 0) is 22.4 Å². The Bertz CT molecular complexity index is 923. The summed E-state index contributed by atoms with van der Waals surface area (Å²) >= 11 is 0. The number of hydrogen-bond donors (Lipinski definition) is 2. The highest BCUT2D eigenvalue weighted by Gasteiger charge is 2.25. The van der Waals surface area contributed by atoms with Crippen LogP contribution in [0.3, 0.4) is 0 Å². The number of carbonyl (C=O) groups is 2. The van der Waals surface area contributed by atoms with Gasteiger partial charge in [0.25, 0.3) is 0 Å². The molecule has 0 fully saturated rings. The zero-order chi connectivity index (χ0) is 20.0. The molecule has 0 radical (unpaired) electrons. The standard InChI is InChI=1S/C19H24N2O5S/c1-3-21(4-2)27(25,26)13-18(22)20-17(12-19(23)24)16-10-9-14-7-5-6-8-15(14)11-16/h5-11,17H,3-4,12-13H2,1-2H3,(H,20,22)(H,23,24)/t17-/m0/s1. The van der Waals surface area contributed by atoms with E-state index in [4.69, 9.17) is 0 Å². The van der Waals surface area contributed by atoms with Crippen LogP contribution < -0.4 is 5.32 Å². The molecule has 0 aliphatic carbocycles. The van der Waals surface area contributed by atoms with E-state index in [-0.39, 0.29) is 19.5 Å². The molecule has 7 nitrogen and oxygen atoms in total. The van der Waals surface area contributed by atoms with E-state index in [1.807, 2.05) is 36.4 Å². The lowest BCUT2D eigenvalue weighted by molar-refractivity contribution is -0.137. The van der Waals surface area contributed by atoms with Crippen LogP contribution >= 0.6 is 0 Å². The first-order valence-electron chi connectivity index (χ1n) is 8.74. The predicted octanol–water partition coefficient (Wildman–Crippen LogP) is 2.14. The maximum atomic E-state index is 12.3. The summed E-state index contributed by atoms with van der Waals surface area (Å²) in [6.45, 7) is 3.94. The minimum atomic E-state index is -3.74. The molecule has 2 rings (SSSR count). The van der Waals surface area contributed by atoms with E-state index in [2.05, 4.69) is 5.32 Å². The first-order chi connectivity index (χ1) is 12.8. The summed E-state index contributed by atoms with van der Waals surface area (Å²) in [6, 6.07) is 12.2. The normalized spacial score (nSPS) is 12.9. The Morgan fingerprint density at radius 1 is 1.07 bits per heavy atom. The van der Waals surface area contributed by atoms with Crippen molar-refractivity contribution in [3.05, 3.63) is 48.0 Å². The van der Waals surface area contributed by atoms with Gasteiger partial charge >= 0.3 is 5.97 Å². The molecule has 2 aromatic carbocycles. The molecular formula is C19H24N2O5S. The third-order valence-electron chi connectivity index (χ3n) is 4.30. The van der Waals surface area contributed by atoms with Crippen molar-refractivity contribution < 1.29 is 23.1 Å². The summed E-state index contributed by atoms with van der Waals surface area (Å²) in [7, 11) is -3.74. The number of fused-ring (bicyclic) bond motifs is 1. The fourth-order valence-corrected chi connectivity index (χ4v) is 4.35. The van der Waals surface area contributed by atoms with Crippen LogP contribution in [0.5, 0.6) is 0 Å². The van der Waals surface area contributed by atoms with Gasteiger partial charge in [-0.25, -0.2) is 12.7 Å². The number of carboxylic acid groups (broad SMARTS) is 1. The van der Waals surface area contributed by atoms with Crippen LogP contribution in [-0.4, -0.2) is 48.5 Å². The molecule has 2 aromatic rings. The summed E-state index contributed by atoms with van der Waals surface area (Å²) in [5, 5.41) is 13.7. The summed E-state index contributed by atoms with van der Waals surface area (Å²) in [5.41, 5.74) is 0.615. The average molecular weight is 392 g/mol. The summed E-state index contributed by atoms with van der Waals surface area (Å²) in [6.07, 6.45) is -0.338. The second-order valence-electron chi connectivity index (χ2n) is 6.17. The molecule has 0 unspecified atom stereocenters. The van der Waals surface area contributed by atoms with Crippen LogP contribution in [-0.2, 0) is 19.6 Å². The van der Waals surface area contributed by atoms with Crippen LogP contribution in [0.1, 0.15) is 31.9 Å². The molecule has 0 bridgehead atoms. The van der Waals surface area contributed by atoms with Crippen LogP contribution in [0, 0.1) is 0 Å². The molecule has 2 N–H and O–H groups in total. The first-order valence-corrected chi connectivity index (χ1v) is 10.4. The van der Waals surface area contributed by atoms with Crippen molar-refractivity contribution in [2.24, 2.45) is 0 Å². The number of carbonyl (C=O) groups excluding carboxylic acids is 1. The van der Waals surface area contributed by atoms with Crippen LogP contribution in [0.4, 0.5) is 0 Å². The van der Waals surface area contributed by atoms with Gasteiger partial charge in [0.1, 0.15) is 5.75 Å². The largest absolute Gasteiger partial charge is 0.481 e. The molecule has 0 aromatic heterocycles. The molecule has 0 aliphatic heterocycles. The van der Waals surface area contributed by atoms with Crippen molar-refractivity contribution in [2.75, 3.05) is 18.8 Å². The van der Waals surface area contributed by atoms with Crippen molar-refractivity contribution >= 4 is 32.7 Å². The Morgan fingerprint density at radius 3 is 2.30 bits per heavy atom. The number of carboxylic acids is 1. The number of amides is 1. The number of benzene rings is 2. The lowest BCUT2D eigenvalue weighted by Gasteiger charge is -2.21. The Hall–Kier alpha value is -2.45. The number of rotatable bonds is 9. The smallest absolute Gasteiger partial charge is 0.305 e. The van der Waals surface area contributed by atoms with E-state index in [1.165, 1.54) is 4.31 Å². The Kier molecular flexibility index (Phi) is 6.92. The van der Waals surface area contributed by atoms with Crippen LogP contribution in [0.25, 0.3) is 10.8 Å². The molecular weight excluding hydrogens is 368 g/mol. The minimum absolute atomic E-state index is 0.273. The topological polar surface area (TPSA) is 104 Å². The molecule has 0 aliphatic rings. The maximum absolute atomic E-state index is 12.3. The summed E-state index contributed by atoms with van der Waals surface area (Å²) in [4.78, 5) is 23.6. The third kappa shape index (κ3) is 5.51. The van der Waals surface area contributed by atoms with Gasteiger partial charge < -0.3 is 10.4 Å². The SMILES string of the molecule is CCN(CC)S(=O)(=O)CC(=O)N[C@@H](CC(=O)O)c1ccc2ccccc2c1. The van der Waals surface area contributed by atoms with E-state index in [1.54, 1.807) is 19.9 Å². The lowest BCUT2D eigenvalue weighted by atomic mass is 9.99. The van der Waals surface area contributed by atoms with E-state index >= 15 is 0 Å². The van der Waals surface area contributed by atoms with Crippen molar-refractivity contribution in [1.82, 2.24) is 9.62 Å². The van der Waals surface area contributed by atoms with Crippen LogP contribution in [0.15, 0.2) is 42.5 Å². The molecule has 146 valence electrons. The fraction of sp³-hybridized carbons (Fsp3) is 0.368. The third-order valence-corrected chi connectivity index (χ3v) is 6.23. The molecule has 0 saturated carbocycles. The van der Waals surface area contributed by atoms with Crippen LogP contribution in [0.2, 0.25) is 0 Å². The van der Waals surface area contributed by atoms with Gasteiger partial charge in [-0.2, -0.15) is 0 Å². The Morgan fingerprint density at radius 2 is 1.70 bits per heavy atom. The predicted molar refractivity (Wildman–Crippen MR) is 104 cm³/mol. The second kappa shape index (κ2) is 8.96. The first kappa shape index (κ1) is 20.9. The van der Waals surface area contributed by atoms with Gasteiger partial charge in [0.05, 0.1) is 12.5 Å². The highest BCUT2D eigenvalue weighted by Crippen LogP contribution is 2.23. The van der Waals surface area contributed by atoms with Gasteiger partial charge in [0, 0.05) is 13.1 Å². The van der Waals surface area contributed by atoms with Gasteiger partial charge in [-0.1, -0.05) is 50.2 Å². The van der Waals surface area contributed by atoms with E-state index in [0.717, 1.165) is 10.8 Å². The Labute approximate surface area is 159 Å².